The van der Waals surface area contributed by atoms with Gasteiger partial charge in [0.05, 0.1) is 23.8 Å². The van der Waals surface area contributed by atoms with Crippen LogP contribution in [0.3, 0.4) is 0 Å². The minimum Gasteiger partial charge on any atom is -0.392 e. The van der Waals surface area contributed by atoms with Crippen LogP contribution in [0.15, 0.2) is 36.4 Å². The first kappa shape index (κ1) is 16.6. The standard InChI is InChI=1S/C18H15ClFNO3/c1-2-16(13-7-10(20)8-15(19)14(13)9-22)21-17(23)11-5-3-4-6-12(11)18(21)24/h3-8,16,22H,2,9H2,1H3/t16-/m0/s1. The molecule has 1 heterocycles. The smallest absolute Gasteiger partial charge is 0.262 e. The highest BCUT2D eigenvalue weighted by Crippen LogP contribution is 2.37. The average Bonchev–Trinajstić information content (AvgIpc) is 2.81. The van der Waals surface area contributed by atoms with E-state index in [4.69, 9.17) is 11.6 Å². The molecule has 0 spiro atoms. The van der Waals surface area contributed by atoms with Crippen molar-refractivity contribution < 1.29 is 19.1 Å². The molecule has 1 aliphatic heterocycles. The van der Waals surface area contributed by atoms with Crippen molar-refractivity contribution in [2.45, 2.75) is 26.0 Å². The molecule has 2 aromatic rings. The molecular formula is C18H15ClFNO3. The van der Waals surface area contributed by atoms with Gasteiger partial charge in [-0.15, -0.1) is 0 Å². The molecule has 2 aromatic carbocycles. The number of nitrogens with zero attached hydrogens (tertiary/aromatic N) is 1. The number of hydrogen-bond acceptors (Lipinski definition) is 3. The Labute approximate surface area is 143 Å². The van der Waals surface area contributed by atoms with Crippen molar-refractivity contribution >= 4 is 23.4 Å². The predicted octanol–water partition coefficient (Wildman–Crippen LogP) is 3.72. The number of carbonyl (C=O) groups excluding carboxylic acids is 2. The van der Waals surface area contributed by atoms with Crippen LogP contribution >= 0.6 is 11.6 Å². The van der Waals surface area contributed by atoms with E-state index < -0.39 is 30.3 Å². The number of halogens is 2. The zero-order valence-corrected chi connectivity index (χ0v) is 13.7. The molecule has 0 fully saturated rings. The Morgan fingerprint density at radius 3 is 2.25 bits per heavy atom. The Balaban J connectivity index is 2.12. The van der Waals surface area contributed by atoms with Gasteiger partial charge in [-0.05, 0) is 36.2 Å². The fourth-order valence-corrected chi connectivity index (χ4v) is 3.39. The second-order valence-electron chi connectivity index (χ2n) is 5.56. The molecule has 2 amide bonds. The highest BCUT2D eigenvalue weighted by atomic mass is 35.5. The molecule has 4 nitrogen and oxygen atoms in total. The second-order valence-corrected chi connectivity index (χ2v) is 5.97. The van der Waals surface area contributed by atoms with Crippen LogP contribution in [-0.4, -0.2) is 21.8 Å². The minimum absolute atomic E-state index is 0.0718. The zero-order chi connectivity index (χ0) is 17.4. The summed E-state index contributed by atoms with van der Waals surface area (Å²) in [5.74, 6) is -1.43. The van der Waals surface area contributed by atoms with Crippen LogP contribution in [0.1, 0.15) is 51.2 Å². The molecule has 0 aromatic heterocycles. The fraction of sp³-hybridized carbons (Fsp3) is 0.222. The number of fused-ring (bicyclic) bond motifs is 1. The van der Waals surface area contributed by atoms with Crippen molar-refractivity contribution in [2.75, 3.05) is 0 Å². The number of aliphatic hydroxyl groups is 1. The summed E-state index contributed by atoms with van der Waals surface area (Å²) in [7, 11) is 0. The molecule has 1 N–H and O–H groups in total. The number of aliphatic hydroxyl groups excluding tert-OH is 1. The van der Waals surface area contributed by atoms with Gasteiger partial charge in [0.2, 0.25) is 0 Å². The molecule has 0 radical (unpaired) electrons. The number of hydrogen-bond donors (Lipinski definition) is 1. The van der Waals surface area contributed by atoms with Crippen LogP contribution in [0.4, 0.5) is 4.39 Å². The van der Waals surface area contributed by atoms with E-state index in [1.54, 1.807) is 31.2 Å². The normalized spacial score (nSPS) is 14.9. The first-order chi connectivity index (χ1) is 11.5. The SMILES string of the molecule is CC[C@@H](c1cc(F)cc(Cl)c1CO)N1C(=O)c2ccccc2C1=O. The van der Waals surface area contributed by atoms with Crippen molar-refractivity contribution in [2.24, 2.45) is 0 Å². The summed E-state index contributed by atoms with van der Waals surface area (Å²) >= 11 is 6.02. The lowest BCUT2D eigenvalue weighted by atomic mass is 9.97. The summed E-state index contributed by atoms with van der Waals surface area (Å²) in [5.41, 5.74) is 1.32. The summed E-state index contributed by atoms with van der Waals surface area (Å²) in [5, 5.41) is 9.66. The lowest BCUT2D eigenvalue weighted by molar-refractivity contribution is 0.0575. The van der Waals surface area contributed by atoms with E-state index in [9.17, 15) is 19.1 Å². The van der Waals surface area contributed by atoms with Crippen LogP contribution < -0.4 is 0 Å². The van der Waals surface area contributed by atoms with E-state index >= 15 is 0 Å². The Morgan fingerprint density at radius 2 is 1.75 bits per heavy atom. The summed E-state index contributed by atoms with van der Waals surface area (Å²) in [6.07, 6.45) is 0.373. The quantitative estimate of drug-likeness (QED) is 0.857. The van der Waals surface area contributed by atoms with E-state index in [1.165, 1.54) is 6.07 Å². The summed E-state index contributed by atoms with van der Waals surface area (Å²) in [6, 6.07) is 8.18. The van der Waals surface area contributed by atoms with Crippen LogP contribution in [0.2, 0.25) is 5.02 Å². The number of rotatable bonds is 4. The Bertz CT molecular complexity index is 802. The van der Waals surface area contributed by atoms with E-state index in [1.807, 2.05) is 0 Å². The first-order valence-corrected chi connectivity index (χ1v) is 7.93. The monoisotopic (exact) mass is 347 g/mol. The summed E-state index contributed by atoms with van der Waals surface area (Å²) < 4.78 is 13.8. The van der Waals surface area contributed by atoms with Gasteiger partial charge in [0.1, 0.15) is 5.82 Å². The number of benzene rings is 2. The molecule has 24 heavy (non-hydrogen) atoms. The number of imide groups is 1. The third kappa shape index (κ3) is 2.50. The highest BCUT2D eigenvalue weighted by Gasteiger charge is 2.40. The molecular weight excluding hydrogens is 333 g/mol. The molecule has 0 saturated heterocycles. The van der Waals surface area contributed by atoms with Gasteiger partial charge < -0.3 is 5.11 Å². The zero-order valence-electron chi connectivity index (χ0n) is 12.9. The topological polar surface area (TPSA) is 57.6 Å². The number of carbonyl (C=O) groups is 2. The lowest BCUT2D eigenvalue weighted by Gasteiger charge is -2.27. The molecule has 3 rings (SSSR count). The maximum Gasteiger partial charge on any atom is 0.262 e. The van der Waals surface area contributed by atoms with Gasteiger partial charge >= 0.3 is 0 Å². The van der Waals surface area contributed by atoms with Gasteiger partial charge in [-0.2, -0.15) is 0 Å². The maximum absolute atomic E-state index is 13.8. The van der Waals surface area contributed by atoms with Crippen LogP contribution in [0.25, 0.3) is 0 Å². The number of amides is 2. The average molecular weight is 348 g/mol. The van der Waals surface area contributed by atoms with Gasteiger partial charge in [0.15, 0.2) is 0 Å². The fourth-order valence-electron chi connectivity index (χ4n) is 3.12. The lowest BCUT2D eigenvalue weighted by Crippen LogP contribution is -2.34. The third-order valence-corrected chi connectivity index (χ3v) is 4.57. The van der Waals surface area contributed by atoms with E-state index in [2.05, 4.69) is 0 Å². The van der Waals surface area contributed by atoms with E-state index in [0.29, 0.717) is 28.7 Å². The summed E-state index contributed by atoms with van der Waals surface area (Å²) in [4.78, 5) is 26.5. The Morgan fingerprint density at radius 1 is 1.17 bits per heavy atom. The van der Waals surface area contributed by atoms with Gasteiger partial charge in [-0.3, -0.25) is 14.5 Å². The minimum atomic E-state index is -0.701. The third-order valence-electron chi connectivity index (χ3n) is 4.24. The van der Waals surface area contributed by atoms with E-state index in [-0.39, 0.29) is 5.02 Å². The highest BCUT2D eigenvalue weighted by molar-refractivity contribution is 6.31. The molecule has 1 atom stereocenters. The van der Waals surface area contributed by atoms with Gasteiger partial charge in [-0.25, -0.2) is 4.39 Å². The first-order valence-electron chi connectivity index (χ1n) is 7.55. The Kier molecular flexibility index (Phi) is 4.39. The molecule has 124 valence electrons. The van der Waals surface area contributed by atoms with Crippen molar-refractivity contribution in [3.05, 3.63) is 69.5 Å². The van der Waals surface area contributed by atoms with Crippen molar-refractivity contribution in [3.8, 4) is 0 Å². The van der Waals surface area contributed by atoms with Crippen molar-refractivity contribution in [3.63, 3.8) is 0 Å². The molecule has 1 aliphatic rings. The summed E-state index contributed by atoms with van der Waals surface area (Å²) in [6.45, 7) is 1.38. The predicted molar refractivity (Wildman–Crippen MR) is 87.3 cm³/mol. The molecule has 0 bridgehead atoms. The largest absolute Gasteiger partial charge is 0.392 e. The molecule has 6 heteroatoms. The van der Waals surface area contributed by atoms with Gasteiger partial charge in [-0.1, -0.05) is 30.7 Å². The second kappa shape index (κ2) is 6.34. The maximum atomic E-state index is 13.8. The van der Waals surface area contributed by atoms with Crippen LogP contribution in [0.5, 0.6) is 0 Å². The molecule has 0 saturated carbocycles. The molecule has 0 aliphatic carbocycles. The van der Waals surface area contributed by atoms with Crippen LogP contribution in [-0.2, 0) is 6.61 Å². The Hall–Kier alpha value is -2.24. The van der Waals surface area contributed by atoms with Crippen molar-refractivity contribution in [1.29, 1.82) is 0 Å². The van der Waals surface area contributed by atoms with Gasteiger partial charge in [0, 0.05) is 10.6 Å². The molecule has 0 unspecified atom stereocenters. The van der Waals surface area contributed by atoms with Crippen molar-refractivity contribution in [1.82, 2.24) is 4.90 Å². The van der Waals surface area contributed by atoms with E-state index in [0.717, 1.165) is 11.0 Å². The van der Waals surface area contributed by atoms with Crippen LogP contribution in [0, 0.1) is 5.82 Å². The van der Waals surface area contributed by atoms with Gasteiger partial charge in [0.25, 0.3) is 11.8 Å².